The SMILES string of the molecule is CC(C)C(O)CNCCOc1ccccc1C(=O)O. The largest absolute Gasteiger partial charge is 0.491 e. The normalized spacial score (nSPS) is 12.4. The number of hydrogen-bond donors (Lipinski definition) is 3. The Hall–Kier alpha value is -1.59. The highest BCUT2D eigenvalue weighted by atomic mass is 16.5. The van der Waals surface area contributed by atoms with Crippen LogP contribution in [0.3, 0.4) is 0 Å². The fraction of sp³-hybridized carbons (Fsp3) is 0.500. The number of carboxylic acid groups (broad SMARTS) is 1. The van der Waals surface area contributed by atoms with Gasteiger partial charge in [0.05, 0.1) is 6.10 Å². The first kappa shape index (κ1) is 15.5. The van der Waals surface area contributed by atoms with E-state index in [0.29, 0.717) is 25.4 Å². The van der Waals surface area contributed by atoms with Crippen molar-refractivity contribution in [3.8, 4) is 5.75 Å². The summed E-state index contributed by atoms with van der Waals surface area (Å²) < 4.78 is 5.42. The van der Waals surface area contributed by atoms with E-state index in [0.717, 1.165) is 0 Å². The molecule has 1 aromatic carbocycles. The highest BCUT2D eigenvalue weighted by Gasteiger charge is 2.10. The van der Waals surface area contributed by atoms with Gasteiger partial charge in [0.2, 0.25) is 0 Å². The van der Waals surface area contributed by atoms with Gasteiger partial charge in [0.15, 0.2) is 0 Å². The Labute approximate surface area is 113 Å². The Morgan fingerprint density at radius 2 is 2.05 bits per heavy atom. The van der Waals surface area contributed by atoms with Gasteiger partial charge in [-0.15, -0.1) is 0 Å². The second-order valence-corrected chi connectivity index (χ2v) is 4.67. The van der Waals surface area contributed by atoms with E-state index in [1.54, 1.807) is 18.2 Å². The van der Waals surface area contributed by atoms with E-state index in [2.05, 4.69) is 5.32 Å². The van der Waals surface area contributed by atoms with Crippen LogP contribution in [0.5, 0.6) is 5.75 Å². The van der Waals surface area contributed by atoms with E-state index in [1.807, 2.05) is 13.8 Å². The van der Waals surface area contributed by atoms with Crippen molar-refractivity contribution in [2.45, 2.75) is 20.0 Å². The molecule has 0 amide bonds. The Kier molecular flexibility index (Phi) is 6.32. The third-order valence-corrected chi connectivity index (χ3v) is 2.78. The zero-order valence-corrected chi connectivity index (χ0v) is 11.3. The number of para-hydroxylation sites is 1. The van der Waals surface area contributed by atoms with Gasteiger partial charge in [0.25, 0.3) is 0 Å². The summed E-state index contributed by atoms with van der Waals surface area (Å²) in [5.41, 5.74) is 0.157. The Balaban J connectivity index is 2.32. The summed E-state index contributed by atoms with van der Waals surface area (Å²) in [4.78, 5) is 10.9. The number of hydrogen-bond acceptors (Lipinski definition) is 4. The van der Waals surface area contributed by atoms with Crippen LogP contribution in [0.4, 0.5) is 0 Å². The number of carbonyl (C=O) groups is 1. The van der Waals surface area contributed by atoms with Crippen molar-refractivity contribution in [3.05, 3.63) is 29.8 Å². The molecule has 0 heterocycles. The highest BCUT2D eigenvalue weighted by molar-refractivity contribution is 5.90. The van der Waals surface area contributed by atoms with Crippen LogP contribution in [-0.4, -0.2) is 42.0 Å². The molecule has 0 aliphatic heterocycles. The van der Waals surface area contributed by atoms with Crippen LogP contribution >= 0.6 is 0 Å². The van der Waals surface area contributed by atoms with Crippen molar-refractivity contribution in [2.75, 3.05) is 19.7 Å². The number of ether oxygens (including phenoxy) is 1. The molecule has 0 saturated heterocycles. The standard InChI is InChI=1S/C14H21NO4/c1-10(2)12(16)9-15-7-8-19-13-6-4-3-5-11(13)14(17)18/h3-6,10,12,15-16H,7-9H2,1-2H3,(H,17,18). The van der Waals surface area contributed by atoms with E-state index >= 15 is 0 Å². The van der Waals surface area contributed by atoms with E-state index in [1.165, 1.54) is 6.07 Å². The van der Waals surface area contributed by atoms with Crippen LogP contribution < -0.4 is 10.1 Å². The lowest BCUT2D eigenvalue weighted by atomic mass is 10.1. The molecule has 0 aliphatic rings. The topological polar surface area (TPSA) is 78.8 Å². The van der Waals surface area contributed by atoms with Gasteiger partial charge in [-0.1, -0.05) is 26.0 Å². The molecule has 0 aliphatic carbocycles. The van der Waals surface area contributed by atoms with Gasteiger partial charge in [-0.2, -0.15) is 0 Å². The number of aliphatic hydroxyl groups is 1. The van der Waals surface area contributed by atoms with E-state index < -0.39 is 5.97 Å². The van der Waals surface area contributed by atoms with Crippen molar-refractivity contribution in [2.24, 2.45) is 5.92 Å². The van der Waals surface area contributed by atoms with Crippen LogP contribution in [-0.2, 0) is 0 Å². The van der Waals surface area contributed by atoms with Gasteiger partial charge >= 0.3 is 5.97 Å². The highest BCUT2D eigenvalue weighted by Crippen LogP contribution is 2.17. The molecule has 5 nitrogen and oxygen atoms in total. The molecule has 0 fully saturated rings. The van der Waals surface area contributed by atoms with Gasteiger partial charge in [-0.25, -0.2) is 4.79 Å². The second kappa shape index (κ2) is 7.76. The molecule has 1 aromatic rings. The summed E-state index contributed by atoms with van der Waals surface area (Å²) in [6.45, 7) is 5.31. The molecule has 19 heavy (non-hydrogen) atoms. The van der Waals surface area contributed by atoms with Crippen molar-refractivity contribution < 1.29 is 19.7 Å². The van der Waals surface area contributed by atoms with Gasteiger partial charge in [0.1, 0.15) is 17.9 Å². The first-order valence-corrected chi connectivity index (χ1v) is 6.36. The molecular weight excluding hydrogens is 246 g/mol. The minimum Gasteiger partial charge on any atom is -0.491 e. The molecule has 0 radical (unpaired) electrons. The molecule has 0 saturated carbocycles. The zero-order valence-electron chi connectivity index (χ0n) is 11.3. The van der Waals surface area contributed by atoms with Crippen LogP contribution in [0.25, 0.3) is 0 Å². The van der Waals surface area contributed by atoms with Crippen LogP contribution in [0.15, 0.2) is 24.3 Å². The molecule has 0 aromatic heterocycles. The molecule has 1 unspecified atom stereocenters. The molecule has 5 heteroatoms. The minimum absolute atomic E-state index is 0.157. The predicted molar refractivity (Wildman–Crippen MR) is 72.6 cm³/mol. The summed E-state index contributed by atoms with van der Waals surface area (Å²) in [6, 6.07) is 6.53. The number of benzene rings is 1. The Morgan fingerprint density at radius 3 is 2.68 bits per heavy atom. The van der Waals surface area contributed by atoms with E-state index in [9.17, 15) is 9.90 Å². The summed E-state index contributed by atoms with van der Waals surface area (Å²) in [6.07, 6.45) is -0.383. The molecule has 0 spiro atoms. The summed E-state index contributed by atoms with van der Waals surface area (Å²) in [5.74, 6) is -0.429. The summed E-state index contributed by atoms with van der Waals surface area (Å²) in [7, 11) is 0. The summed E-state index contributed by atoms with van der Waals surface area (Å²) >= 11 is 0. The third-order valence-electron chi connectivity index (χ3n) is 2.78. The molecule has 0 bridgehead atoms. The lowest BCUT2D eigenvalue weighted by Gasteiger charge is -2.15. The van der Waals surface area contributed by atoms with Gasteiger partial charge < -0.3 is 20.3 Å². The Morgan fingerprint density at radius 1 is 1.37 bits per heavy atom. The third kappa shape index (κ3) is 5.28. The van der Waals surface area contributed by atoms with E-state index in [4.69, 9.17) is 9.84 Å². The zero-order chi connectivity index (χ0) is 14.3. The smallest absolute Gasteiger partial charge is 0.339 e. The minimum atomic E-state index is -1.00. The molecule has 3 N–H and O–H groups in total. The van der Waals surface area contributed by atoms with Crippen LogP contribution in [0, 0.1) is 5.92 Å². The number of rotatable bonds is 8. The maximum absolute atomic E-state index is 10.9. The number of aliphatic hydroxyl groups excluding tert-OH is 1. The van der Waals surface area contributed by atoms with Crippen molar-refractivity contribution in [3.63, 3.8) is 0 Å². The van der Waals surface area contributed by atoms with Crippen LogP contribution in [0.2, 0.25) is 0 Å². The fourth-order valence-corrected chi connectivity index (χ4v) is 1.49. The first-order chi connectivity index (χ1) is 9.02. The van der Waals surface area contributed by atoms with Crippen molar-refractivity contribution in [1.29, 1.82) is 0 Å². The maximum atomic E-state index is 10.9. The summed E-state index contributed by atoms with van der Waals surface area (Å²) in [5, 5.41) is 21.6. The van der Waals surface area contributed by atoms with Gasteiger partial charge in [0, 0.05) is 13.1 Å². The van der Waals surface area contributed by atoms with Gasteiger partial charge in [-0.05, 0) is 18.1 Å². The van der Waals surface area contributed by atoms with Gasteiger partial charge in [-0.3, -0.25) is 0 Å². The second-order valence-electron chi connectivity index (χ2n) is 4.67. The monoisotopic (exact) mass is 267 g/mol. The molecular formula is C14H21NO4. The van der Waals surface area contributed by atoms with E-state index in [-0.39, 0.29) is 17.6 Å². The van der Waals surface area contributed by atoms with Crippen molar-refractivity contribution >= 4 is 5.97 Å². The lowest BCUT2D eigenvalue weighted by Crippen LogP contribution is -2.33. The number of aromatic carboxylic acids is 1. The maximum Gasteiger partial charge on any atom is 0.339 e. The average molecular weight is 267 g/mol. The average Bonchev–Trinajstić information content (AvgIpc) is 2.38. The number of nitrogens with one attached hydrogen (secondary N) is 1. The fourth-order valence-electron chi connectivity index (χ4n) is 1.49. The predicted octanol–water partition coefficient (Wildman–Crippen LogP) is 1.37. The lowest BCUT2D eigenvalue weighted by molar-refractivity contribution is 0.0692. The quantitative estimate of drug-likeness (QED) is 0.620. The van der Waals surface area contributed by atoms with Crippen LogP contribution in [0.1, 0.15) is 24.2 Å². The van der Waals surface area contributed by atoms with Crippen molar-refractivity contribution in [1.82, 2.24) is 5.32 Å². The molecule has 106 valence electrons. The Bertz CT molecular complexity index is 406. The first-order valence-electron chi connectivity index (χ1n) is 6.36. The molecule has 1 atom stereocenters. The molecule has 1 rings (SSSR count). The number of carboxylic acids is 1.